The highest BCUT2D eigenvalue weighted by Crippen LogP contribution is 2.22. The summed E-state index contributed by atoms with van der Waals surface area (Å²) in [6.07, 6.45) is 2.68. The van der Waals surface area contributed by atoms with Crippen LogP contribution >= 0.6 is 0 Å². The molecule has 0 spiro atoms. The van der Waals surface area contributed by atoms with Crippen molar-refractivity contribution in [2.45, 2.75) is 25.3 Å². The van der Waals surface area contributed by atoms with Crippen LogP contribution in [0.3, 0.4) is 0 Å². The van der Waals surface area contributed by atoms with Crippen LogP contribution < -0.4 is 16.1 Å². The lowest BCUT2D eigenvalue weighted by Crippen LogP contribution is -2.54. The number of hydrogen-bond donors (Lipinski definition) is 3. The largest absolute Gasteiger partial charge is 0.352 e. The minimum atomic E-state index is -1.07. The molecule has 1 aromatic rings. The van der Waals surface area contributed by atoms with Crippen LogP contribution in [0.2, 0.25) is 0 Å². The maximum atomic E-state index is 12.9. The van der Waals surface area contributed by atoms with Crippen molar-refractivity contribution in [3.8, 4) is 0 Å². The number of urea groups is 1. The molecule has 33 heavy (non-hydrogen) atoms. The van der Waals surface area contributed by atoms with Crippen LogP contribution in [0.5, 0.6) is 0 Å². The molecule has 5 amide bonds. The number of rotatable bonds is 10. The summed E-state index contributed by atoms with van der Waals surface area (Å²) in [5, 5.41) is 6.24. The summed E-state index contributed by atoms with van der Waals surface area (Å²) < 4.78 is 0. The van der Waals surface area contributed by atoms with Crippen LogP contribution in [-0.2, 0) is 20.8 Å². The van der Waals surface area contributed by atoms with Crippen molar-refractivity contribution >= 4 is 23.8 Å². The SMILES string of the molecule is C=CCNC(=O)CN1CCN(CC(=O)NN2C(=O)NC(C)(CCc3ccccc3)C2=O)CC1. The van der Waals surface area contributed by atoms with E-state index in [2.05, 4.69) is 22.6 Å². The molecule has 2 fully saturated rings. The summed E-state index contributed by atoms with van der Waals surface area (Å²) in [6.45, 7) is 8.56. The first-order chi connectivity index (χ1) is 15.8. The lowest BCUT2D eigenvalue weighted by atomic mass is 9.93. The molecule has 2 aliphatic heterocycles. The van der Waals surface area contributed by atoms with Gasteiger partial charge in [-0.25, -0.2) is 4.79 Å². The van der Waals surface area contributed by atoms with Crippen molar-refractivity contribution in [1.29, 1.82) is 0 Å². The second-order valence-electron chi connectivity index (χ2n) is 8.57. The van der Waals surface area contributed by atoms with Gasteiger partial charge in [0.25, 0.3) is 11.8 Å². The third-order valence-corrected chi connectivity index (χ3v) is 5.90. The van der Waals surface area contributed by atoms with Crippen molar-refractivity contribution in [2.75, 3.05) is 45.8 Å². The second-order valence-corrected chi connectivity index (χ2v) is 8.57. The van der Waals surface area contributed by atoms with E-state index in [0.717, 1.165) is 10.6 Å². The van der Waals surface area contributed by atoms with Crippen LogP contribution in [-0.4, -0.2) is 89.9 Å². The van der Waals surface area contributed by atoms with Crippen molar-refractivity contribution in [2.24, 2.45) is 0 Å². The van der Waals surface area contributed by atoms with E-state index in [1.807, 2.05) is 40.1 Å². The fourth-order valence-electron chi connectivity index (χ4n) is 3.91. The Morgan fingerprint density at radius 2 is 1.67 bits per heavy atom. The van der Waals surface area contributed by atoms with Crippen molar-refractivity contribution in [3.63, 3.8) is 0 Å². The molecule has 10 nitrogen and oxygen atoms in total. The number of benzene rings is 1. The lowest BCUT2D eigenvalue weighted by Gasteiger charge is -2.34. The number of carbonyl (C=O) groups is 4. The number of amides is 5. The molecule has 2 aliphatic rings. The molecule has 2 heterocycles. The molecule has 1 aromatic carbocycles. The van der Waals surface area contributed by atoms with E-state index in [9.17, 15) is 19.2 Å². The molecule has 3 N–H and O–H groups in total. The highest BCUT2D eigenvalue weighted by atomic mass is 16.2. The molecule has 178 valence electrons. The highest BCUT2D eigenvalue weighted by molar-refractivity contribution is 6.07. The molecule has 1 unspecified atom stereocenters. The summed E-state index contributed by atoms with van der Waals surface area (Å²) in [6, 6.07) is 9.09. The summed E-state index contributed by atoms with van der Waals surface area (Å²) >= 11 is 0. The molecular weight excluding hydrogens is 424 g/mol. The molecule has 0 aliphatic carbocycles. The first-order valence-electron chi connectivity index (χ1n) is 11.1. The molecule has 0 radical (unpaired) electrons. The number of piperazine rings is 1. The van der Waals surface area contributed by atoms with Gasteiger partial charge in [0, 0.05) is 32.7 Å². The minimum absolute atomic E-state index is 0.0602. The molecule has 3 rings (SSSR count). The number of carbonyl (C=O) groups excluding carboxylic acids is 4. The second kappa shape index (κ2) is 11.1. The first-order valence-corrected chi connectivity index (χ1v) is 11.1. The Kier molecular flexibility index (Phi) is 8.18. The number of aryl methyl sites for hydroxylation is 1. The van der Waals surface area contributed by atoms with E-state index in [1.165, 1.54) is 0 Å². The average molecular weight is 457 g/mol. The molecule has 2 saturated heterocycles. The van der Waals surface area contributed by atoms with Crippen molar-refractivity contribution in [3.05, 3.63) is 48.6 Å². The van der Waals surface area contributed by atoms with Gasteiger partial charge in [-0.3, -0.25) is 29.6 Å². The van der Waals surface area contributed by atoms with Gasteiger partial charge in [-0.2, -0.15) is 5.01 Å². The van der Waals surface area contributed by atoms with E-state index in [1.54, 1.807) is 13.0 Å². The summed E-state index contributed by atoms with van der Waals surface area (Å²) in [5.41, 5.74) is 2.45. The quantitative estimate of drug-likeness (QED) is 0.334. The number of nitrogens with zero attached hydrogens (tertiary/aromatic N) is 3. The Labute approximate surface area is 193 Å². The normalized spacial score (nSPS) is 21.5. The van der Waals surface area contributed by atoms with Crippen LogP contribution in [0, 0.1) is 0 Å². The predicted molar refractivity (Wildman–Crippen MR) is 123 cm³/mol. The Morgan fingerprint density at radius 1 is 1.06 bits per heavy atom. The van der Waals surface area contributed by atoms with Crippen molar-refractivity contribution < 1.29 is 19.2 Å². The Balaban J connectivity index is 1.43. The smallest absolute Gasteiger partial charge is 0.344 e. The molecule has 1 atom stereocenters. The van der Waals surface area contributed by atoms with Gasteiger partial charge in [0.05, 0.1) is 13.1 Å². The third-order valence-electron chi connectivity index (χ3n) is 5.90. The van der Waals surface area contributed by atoms with Crippen molar-refractivity contribution in [1.82, 2.24) is 30.9 Å². The molecular formula is C23H32N6O4. The van der Waals surface area contributed by atoms with Gasteiger partial charge in [-0.1, -0.05) is 36.4 Å². The predicted octanol–water partition coefficient (Wildman–Crippen LogP) is -0.119. The molecule has 0 bridgehead atoms. The van der Waals surface area contributed by atoms with Gasteiger partial charge in [-0.15, -0.1) is 6.58 Å². The van der Waals surface area contributed by atoms with Gasteiger partial charge in [0.2, 0.25) is 5.91 Å². The number of imide groups is 1. The number of hydrazine groups is 1. The standard InChI is InChI=1S/C23H32N6O4/c1-3-11-24-19(30)16-27-12-14-28(15-13-27)17-20(31)26-29-21(32)23(2,25-22(29)33)10-9-18-7-5-4-6-8-18/h3-8H,1,9-17H2,2H3,(H,24,30)(H,25,33)(H,26,31). The van der Waals surface area contributed by atoms with E-state index in [-0.39, 0.29) is 12.5 Å². The molecule has 10 heteroatoms. The van der Waals surface area contributed by atoms with E-state index >= 15 is 0 Å². The van der Waals surface area contributed by atoms with Crippen LogP contribution in [0.15, 0.2) is 43.0 Å². The zero-order valence-corrected chi connectivity index (χ0v) is 19.0. The van der Waals surface area contributed by atoms with Gasteiger partial charge >= 0.3 is 6.03 Å². The molecule has 0 saturated carbocycles. The highest BCUT2D eigenvalue weighted by Gasteiger charge is 2.48. The molecule has 0 aromatic heterocycles. The monoisotopic (exact) mass is 456 g/mol. The van der Waals surface area contributed by atoms with Crippen LogP contribution in [0.4, 0.5) is 4.79 Å². The lowest BCUT2D eigenvalue weighted by molar-refractivity contribution is -0.139. The average Bonchev–Trinajstić information content (AvgIpc) is 3.01. The van der Waals surface area contributed by atoms with E-state index in [0.29, 0.717) is 52.1 Å². The fraction of sp³-hybridized carbons (Fsp3) is 0.478. The first kappa shape index (κ1) is 24.4. The maximum absolute atomic E-state index is 12.9. The van der Waals surface area contributed by atoms with E-state index in [4.69, 9.17) is 0 Å². The third kappa shape index (κ3) is 6.62. The zero-order valence-electron chi connectivity index (χ0n) is 19.0. The van der Waals surface area contributed by atoms with E-state index < -0.39 is 23.4 Å². The van der Waals surface area contributed by atoms with Crippen LogP contribution in [0.25, 0.3) is 0 Å². The Bertz CT molecular complexity index is 884. The van der Waals surface area contributed by atoms with Gasteiger partial charge in [-0.05, 0) is 25.3 Å². The topological polar surface area (TPSA) is 114 Å². The Morgan fingerprint density at radius 3 is 2.27 bits per heavy atom. The summed E-state index contributed by atoms with van der Waals surface area (Å²) in [7, 11) is 0. The van der Waals surface area contributed by atoms with Gasteiger partial charge in [0.1, 0.15) is 5.54 Å². The summed E-state index contributed by atoms with van der Waals surface area (Å²) in [5.74, 6) is -0.954. The van der Waals surface area contributed by atoms with Gasteiger partial charge in [0.15, 0.2) is 0 Å². The van der Waals surface area contributed by atoms with Gasteiger partial charge < -0.3 is 10.6 Å². The Hall–Kier alpha value is -3.24. The summed E-state index contributed by atoms with van der Waals surface area (Å²) in [4.78, 5) is 53.5. The number of nitrogens with one attached hydrogen (secondary N) is 3. The number of hydrogen-bond acceptors (Lipinski definition) is 6. The fourth-order valence-corrected chi connectivity index (χ4v) is 3.91. The van der Waals surface area contributed by atoms with Crippen LogP contribution in [0.1, 0.15) is 18.9 Å². The minimum Gasteiger partial charge on any atom is -0.352 e. The maximum Gasteiger partial charge on any atom is 0.344 e. The zero-order chi connectivity index (χ0) is 23.8.